The van der Waals surface area contributed by atoms with E-state index in [4.69, 9.17) is 5.73 Å². The Morgan fingerprint density at radius 2 is 2.19 bits per heavy atom. The predicted molar refractivity (Wildman–Crippen MR) is 62.1 cm³/mol. The molecular formula is C10H15N5O. The number of aryl methyl sites for hydroxylation is 1. The van der Waals surface area contributed by atoms with Crippen LogP contribution in [-0.2, 0) is 13.5 Å². The highest BCUT2D eigenvalue weighted by Crippen LogP contribution is 2.13. The van der Waals surface area contributed by atoms with E-state index in [9.17, 15) is 4.79 Å². The largest absolute Gasteiger partial charge is 0.383 e. The number of nitrogens with zero attached hydrogens (tertiary/aromatic N) is 3. The van der Waals surface area contributed by atoms with Crippen LogP contribution in [0.5, 0.6) is 0 Å². The van der Waals surface area contributed by atoms with E-state index in [2.05, 4.69) is 28.9 Å². The topological polar surface area (TPSA) is 89.6 Å². The van der Waals surface area contributed by atoms with E-state index in [1.165, 1.54) is 4.68 Å². The van der Waals surface area contributed by atoms with Crippen molar-refractivity contribution in [3.63, 3.8) is 0 Å². The number of hydrogen-bond donors (Lipinski definition) is 2. The molecule has 0 aliphatic rings. The average Bonchev–Trinajstić information content (AvgIpc) is 2.41. The Morgan fingerprint density at radius 1 is 1.50 bits per heavy atom. The summed E-state index contributed by atoms with van der Waals surface area (Å²) in [6.45, 7) is 4.13. The van der Waals surface area contributed by atoms with Gasteiger partial charge in [0.1, 0.15) is 17.0 Å². The SMILES string of the molecule is CC(C)Cc1nc2nn(C)c(N)c2c(=O)[nH]1. The molecule has 16 heavy (non-hydrogen) atoms. The van der Waals surface area contributed by atoms with Crippen LogP contribution in [0.15, 0.2) is 4.79 Å². The van der Waals surface area contributed by atoms with Crippen molar-refractivity contribution >= 4 is 16.9 Å². The first-order valence-electron chi connectivity index (χ1n) is 5.20. The van der Waals surface area contributed by atoms with Gasteiger partial charge in [-0.05, 0) is 5.92 Å². The molecule has 0 aromatic carbocycles. The molecule has 0 unspecified atom stereocenters. The molecule has 0 amide bonds. The van der Waals surface area contributed by atoms with Crippen molar-refractivity contribution in [3.05, 3.63) is 16.2 Å². The van der Waals surface area contributed by atoms with Gasteiger partial charge < -0.3 is 10.7 Å². The van der Waals surface area contributed by atoms with Gasteiger partial charge >= 0.3 is 0 Å². The molecule has 0 spiro atoms. The number of fused-ring (bicyclic) bond motifs is 1. The highest BCUT2D eigenvalue weighted by Gasteiger charge is 2.12. The molecule has 0 aliphatic heterocycles. The summed E-state index contributed by atoms with van der Waals surface area (Å²) in [6.07, 6.45) is 0.724. The second-order valence-electron chi connectivity index (χ2n) is 4.32. The lowest BCUT2D eigenvalue weighted by Gasteiger charge is -2.02. The Bertz CT molecular complexity index is 581. The maximum Gasteiger partial charge on any atom is 0.264 e. The van der Waals surface area contributed by atoms with E-state index in [1.807, 2.05) is 0 Å². The Labute approximate surface area is 92.5 Å². The van der Waals surface area contributed by atoms with E-state index in [0.717, 1.165) is 6.42 Å². The van der Waals surface area contributed by atoms with Gasteiger partial charge in [-0.15, -0.1) is 0 Å². The lowest BCUT2D eigenvalue weighted by atomic mass is 10.1. The zero-order valence-corrected chi connectivity index (χ0v) is 9.61. The number of nitrogen functional groups attached to an aromatic ring is 1. The van der Waals surface area contributed by atoms with E-state index in [0.29, 0.717) is 28.6 Å². The van der Waals surface area contributed by atoms with Crippen molar-refractivity contribution in [1.82, 2.24) is 19.7 Å². The van der Waals surface area contributed by atoms with Crippen molar-refractivity contribution in [3.8, 4) is 0 Å². The third-order valence-corrected chi connectivity index (χ3v) is 2.40. The lowest BCUT2D eigenvalue weighted by molar-refractivity contribution is 0.620. The number of nitrogens with two attached hydrogens (primary N) is 1. The molecule has 0 radical (unpaired) electrons. The molecular weight excluding hydrogens is 206 g/mol. The van der Waals surface area contributed by atoms with Crippen molar-refractivity contribution in [2.24, 2.45) is 13.0 Å². The normalized spacial score (nSPS) is 11.5. The minimum atomic E-state index is -0.216. The second kappa shape index (κ2) is 3.62. The van der Waals surface area contributed by atoms with Crippen LogP contribution in [0.2, 0.25) is 0 Å². The fraction of sp³-hybridized carbons (Fsp3) is 0.500. The average molecular weight is 221 g/mol. The standard InChI is InChI=1S/C10H15N5O/c1-5(2)4-6-12-9-7(10(16)13-6)8(11)15(3)14-9/h5H,4,11H2,1-3H3,(H,12,13,14,16). The number of rotatable bonds is 2. The maximum absolute atomic E-state index is 11.8. The minimum Gasteiger partial charge on any atom is -0.383 e. The quantitative estimate of drug-likeness (QED) is 0.769. The number of nitrogens with one attached hydrogen (secondary N) is 1. The Kier molecular flexibility index (Phi) is 2.41. The van der Waals surface area contributed by atoms with Gasteiger partial charge in [0.15, 0.2) is 5.65 Å². The van der Waals surface area contributed by atoms with Gasteiger partial charge in [-0.3, -0.25) is 9.48 Å². The summed E-state index contributed by atoms with van der Waals surface area (Å²) in [7, 11) is 1.69. The fourth-order valence-electron chi connectivity index (χ4n) is 1.65. The first kappa shape index (κ1) is 10.7. The molecule has 2 aromatic rings. The van der Waals surface area contributed by atoms with Gasteiger partial charge in [-0.25, -0.2) is 4.98 Å². The lowest BCUT2D eigenvalue weighted by Crippen LogP contribution is -2.13. The highest BCUT2D eigenvalue weighted by molar-refractivity contribution is 5.85. The van der Waals surface area contributed by atoms with Crippen LogP contribution in [0.1, 0.15) is 19.7 Å². The van der Waals surface area contributed by atoms with E-state index >= 15 is 0 Å². The summed E-state index contributed by atoms with van der Waals surface area (Å²) >= 11 is 0. The highest BCUT2D eigenvalue weighted by atomic mass is 16.1. The zero-order chi connectivity index (χ0) is 11.9. The summed E-state index contributed by atoms with van der Waals surface area (Å²) in [5.41, 5.74) is 5.93. The second-order valence-corrected chi connectivity index (χ2v) is 4.32. The predicted octanol–water partition coefficient (Wildman–Crippen LogP) is 0.437. The molecule has 0 saturated carbocycles. The third-order valence-electron chi connectivity index (χ3n) is 2.40. The molecule has 2 aromatic heterocycles. The minimum absolute atomic E-state index is 0.216. The Morgan fingerprint density at radius 3 is 2.81 bits per heavy atom. The van der Waals surface area contributed by atoms with Crippen LogP contribution in [-0.4, -0.2) is 19.7 Å². The number of anilines is 1. The van der Waals surface area contributed by atoms with E-state index < -0.39 is 0 Å². The van der Waals surface area contributed by atoms with E-state index in [-0.39, 0.29) is 5.56 Å². The maximum atomic E-state index is 11.8. The molecule has 0 atom stereocenters. The van der Waals surface area contributed by atoms with E-state index in [1.54, 1.807) is 7.05 Å². The van der Waals surface area contributed by atoms with Gasteiger partial charge in [0, 0.05) is 13.5 Å². The molecule has 2 heterocycles. The van der Waals surface area contributed by atoms with Crippen LogP contribution >= 0.6 is 0 Å². The molecule has 6 heteroatoms. The van der Waals surface area contributed by atoms with Crippen molar-refractivity contribution in [1.29, 1.82) is 0 Å². The monoisotopic (exact) mass is 221 g/mol. The third kappa shape index (κ3) is 1.66. The van der Waals surface area contributed by atoms with Gasteiger partial charge in [0.05, 0.1) is 0 Å². The smallest absolute Gasteiger partial charge is 0.264 e. The van der Waals surface area contributed by atoms with Crippen LogP contribution in [0.4, 0.5) is 5.82 Å². The number of aromatic nitrogens is 4. The Hall–Kier alpha value is -1.85. The van der Waals surface area contributed by atoms with Crippen LogP contribution in [0.25, 0.3) is 11.0 Å². The molecule has 86 valence electrons. The van der Waals surface area contributed by atoms with Crippen molar-refractivity contribution in [2.45, 2.75) is 20.3 Å². The van der Waals surface area contributed by atoms with Gasteiger partial charge in [-0.1, -0.05) is 13.8 Å². The van der Waals surface area contributed by atoms with Gasteiger partial charge in [0.25, 0.3) is 5.56 Å². The molecule has 0 fully saturated rings. The molecule has 3 N–H and O–H groups in total. The van der Waals surface area contributed by atoms with Crippen LogP contribution in [0, 0.1) is 5.92 Å². The van der Waals surface area contributed by atoms with Crippen molar-refractivity contribution in [2.75, 3.05) is 5.73 Å². The summed E-state index contributed by atoms with van der Waals surface area (Å²) in [5, 5.41) is 4.47. The molecule has 0 aliphatic carbocycles. The van der Waals surface area contributed by atoms with Gasteiger partial charge in [-0.2, -0.15) is 5.10 Å². The molecule has 0 bridgehead atoms. The van der Waals surface area contributed by atoms with Crippen LogP contribution < -0.4 is 11.3 Å². The Balaban J connectivity index is 2.64. The summed E-state index contributed by atoms with van der Waals surface area (Å²) in [4.78, 5) is 18.8. The number of hydrogen-bond acceptors (Lipinski definition) is 4. The first-order valence-corrected chi connectivity index (χ1v) is 5.20. The summed E-state index contributed by atoms with van der Waals surface area (Å²) in [6, 6.07) is 0. The van der Waals surface area contributed by atoms with Gasteiger partial charge in [0.2, 0.25) is 0 Å². The zero-order valence-electron chi connectivity index (χ0n) is 9.61. The summed E-state index contributed by atoms with van der Waals surface area (Å²) < 4.78 is 1.46. The molecule has 0 saturated heterocycles. The number of H-pyrrole nitrogens is 1. The van der Waals surface area contributed by atoms with Crippen molar-refractivity contribution < 1.29 is 0 Å². The molecule has 6 nitrogen and oxygen atoms in total. The number of aromatic amines is 1. The van der Waals surface area contributed by atoms with Crippen LogP contribution in [0.3, 0.4) is 0 Å². The summed E-state index contributed by atoms with van der Waals surface area (Å²) in [5.74, 6) is 1.44. The first-order chi connectivity index (χ1) is 7.49. The molecule has 2 rings (SSSR count). The fourth-order valence-corrected chi connectivity index (χ4v) is 1.65.